The number of amides is 1. The van der Waals surface area contributed by atoms with Crippen molar-refractivity contribution in [3.05, 3.63) is 45.8 Å². The van der Waals surface area contributed by atoms with Crippen LogP contribution in [-0.2, 0) is 14.8 Å². The van der Waals surface area contributed by atoms with Crippen LogP contribution in [-0.4, -0.2) is 41.9 Å². The van der Waals surface area contributed by atoms with E-state index in [1.165, 1.54) is 10.4 Å². The van der Waals surface area contributed by atoms with Crippen LogP contribution in [0.1, 0.15) is 24.0 Å². The van der Waals surface area contributed by atoms with E-state index in [0.717, 1.165) is 28.0 Å². The van der Waals surface area contributed by atoms with Crippen molar-refractivity contribution in [3.63, 3.8) is 0 Å². The summed E-state index contributed by atoms with van der Waals surface area (Å²) in [4.78, 5) is 12.8. The molecule has 1 fully saturated rings. The molecule has 0 spiro atoms. The lowest BCUT2D eigenvalue weighted by molar-refractivity contribution is -0.121. The van der Waals surface area contributed by atoms with E-state index in [-0.39, 0.29) is 22.7 Å². The zero-order valence-electron chi connectivity index (χ0n) is 17.0. The molecule has 1 saturated heterocycles. The number of anilines is 1. The summed E-state index contributed by atoms with van der Waals surface area (Å²) in [5.41, 5.74) is 2.84. The highest BCUT2D eigenvalue weighted by atomic mass is 35.5. The number of rotatable bonds is 5. The third kappa shape index (κ3) is 4.67. The highest BCUT2D eigenvalue weighted by Gasteiger charge is 2.34. The quantitative estimate of drug-likeness (QED) is 0.589. The van der Waals surface area contributed by atoms with Gasteiger partial charge in [-0.15, -0.1) is 16.4 Å². The van der Waals surface area contributed by atoms with Gasteiger partial charge in [-0.1, -0.05) is 34.4 Å². The Balaban J connectivity index is 1.45. The number of carbonyl (C=O) groups is 1. The van der Waals surface area contributed by atoms with Crippen LogP contribution in [0.5, 0.6) is 0 Å². The topological polar surface area (TPSA) is 105 Å². The molecule has 31 heavy (non-hydrogen) atoms. The fraction of sp³-hybridized carbons (Fsp3) is 0.350. The minimum absolute atomic E-state index is 0.00840. The maximum Gasteiger partial charge on any atom is 0.322 e. The van der Waals surface area contributed by atoms with E-state index in [9.17, 15) is 13.2 Å². The van der Waals surface area contributed by atoms with Gasteiger partial charge in [0.15, 0.2) is 0 Å². The largest absolute Gasteiger partial charge is 0.403 e. The fourth-order valence-electron chi connectivity index (χ4n) is 3.49. The third-order valence-corrected chi connectivity index (χ3v) is 8.74. The van der Waals surface area contributed by atoms with E-state index in [2.05, 4.69) is 15.5 Å². The Labute approximate surface area is 189 Å². The standard InChI is InChI=1S/C20H21ClN4O4S2/c1-12-5-6-13(2)15(10-12)19-23-24-20(29-19)22-18(26)14-4-3-9-25(11-14)31(27,28)17-8-7-16(21)30-17/h5-8,10,14H,3-4,9,11H2,1-2H3,(H,22,24,26). The fourth-order valence-corrected chi connectivity index (χ4v) is 6.66. The van der Waals surface area contributed by atoms with Gasteiger partial charge in [0.1, 0.15) is 4.21 Å². The molecule has 1 N–H and O–H groups in total. The molecule has 4 rings (SSSR count). The van der Waals surface area contributed by atoms with Gasteiger partial charge in [-0.3, -0.25) is 10.1 Å². The number of sulfonamides is 1. The lowest BCUT2D eigenvalue weighted by atomic mass is 9.99. The zero-order chi connectivity index (χ0) is 22.2. The average Bonchev–Trinajstić information content (AvgIpc) is 3.39. The molecule has 8 nitrogen and oxygen atoms in total. The lowest BCUT2D eigenvalue weighted by Crippen LogP contribution is -2.43. The number of piperidine rings is 1. The average molecular weight is 481 g/mol. The minimum atomic E-state index is -3.69. The Hall–Kier alpha value is -2.27. The van der Waals surface area contributed by atoms with Crippen molar-refractivity contribution < 1.29 is 17.6 Å². The highest BCUT2D eigenvalue weighted by molar-refractivity contribution is 7.91. The van der Waals surface area contributed by atoms with E-state index in [1.54, 1.807) is 6.07 Å². The van der Waals surface area contributed by atoms with Crippen LogP contribution in [0, 0.1) is 19.8 Å². The van der Waals surface area contributed by atoms with Gasteiger partial charge in [-0.05, 0) is 50.5 Å². The van der Waals surface area contributed by atoms with Crippen LogP contribution in [0.2, 0.25) is 4.34 Å². The van der Waals surface area contributed by atoms with Crippen molar-refractivity contribution in [1.82, 2.24) is 14.5 Å². The first kappa shape index (κ1) is 21.9. The molecule has 2 aromatic heterocycles. The number of benzene rings is 1. The Morgan fingerprint density at radius 1 is 1.26 bits per heavy atom. The molecule has 1 aliphatic heterocycles. The first-order chi connectivity index (χ1) is 14.7. The number of thiophene rings is 1. The van der Waals surface area contributed by atoms with Crippen LogP contribution in [0.3, 0.4) is 0 Å². The van der Waals surface area contributed by atoms with Gasteiger partial charge in [0, 0.05) is 18.7 Å². The smallest absolute Gasteiger partial charge is 0.322 e. The first-order valence-electron chi connectivity index (χ1n) is 9.71. The molecule has 1 aliphatic rings. The van der Waals surface area contributed by atoms with Gasteiger partial charge in [0.05, 0.1) is 10.3 Å². The SMILES string of the molecule is Cc1ccc(C)c(-c2nnc(NC(=O)C3CCCN(S(=O)(=O)c4ccc(Cl)s4)C3)o2)c1. The van der Waals surface area contributed by atoms with Crippen molar-refractivity contribution >= 4 is 44.9 Å². The molecule has 0 radical (unpaired) electrons. The Kier molecular flexibility index (Phi) is 6.16. The molecule has 11 heteroatoms. The summed E-state index contributed by atoms with van der Waals surface area (Å²) >= 11 is 6.89. The number of hydrogen-bond acceptors (Lipinski definition) is 7. The second-order valence-corrected chi connectivity index (χ2v) is 11.4. The summed E-state index contributed by atoms with van der Waals surface area (Å²) in [5, 5.41) is 10.6. The van der Waals surface area contributed by atoms with Gasteiger partial charge >= 0.3 is 6.01 Å². The van der Waals surface area contributed by atoms with Crippen LogP contribution in [0.25, 0.3) is 11.5 Å². The van der Waals surface area contributed by atoms with Crippen LogP contribution >= 0.6 is 22.9 Å². The molecular weight excluding hydrogens is 460 g/mol. The molecular formula is C20H21ClN4O4S2. The van der Waals surface area contributed by atoms with Gasteiger partial charge in [-0.2, -0.15) is 4.31 Å². The van der Waals surface area contributed by atoms with E-state index < -0.39 is 15.9 Å². The molecule has 1 atom stereocenters. The summed E-state index contributed by atoms with van der Waals surface area (Å²) < 4.78 is 33.2. The van der Waals surface area contributed by atoms with Crippen molar-refractivity contribution in [2.24, 2.45) is 5.92 Å². The van der Waals surface area contributed by atoms with E-state index in [4.69, 9.17) is 16.0 Å². The lowest BCUT2D eigenvalue weighted by Gasteiger charge is -2.30. The minimum Gasteiger partial charge on any atom is -0.403 e. The monoisotopic (exact) mass is 480 g/mol. The molecule has 0 saturated carbocycles. The molecule has 164 valence electrons. The second kappa shape index (κ2) is 8.70. The van der Waals surface area contributed by atoms with E-state index in [1.807, 2.05) is 32.0 Å². The number of halogens is 1. The molecule has 3 heterocycles. The number of nitrogens with zero attached hydrogens (tertiary/aromatic N) is 3. The summed E-state index contributed by atoms with van der Waals surface area (Å²) in [6, 6.07) is 8.92. The molecule has 0 bridgehead atoms. The van der Waals surface area contributed by atoms with Crippen molar-refractivity contribution in [2.75, 3.05) is 18.4 Å². The van der Waals surface area contributed by atoms with E-state index in [0.29, 0.717) is 29.6 Å². The maximum absolute atomic E-state index is 12.9. The molecule has 1 aromatic carbocycles. The summed E-state index contributed by atoms with van der Waals surface area (Å²) in [6.07, 6.45) is 1.15. The highest BCUT2D eigenvalue weighted by Crippen LogP contribution is 2.31. The van der Waals surface area contributed by atoms with Gasteiger partial charge in [0.2, 0.25) is 11.8 Å². The molecule has 1 unspecified atom stereocenters. The van der Waals surface area contributed by atoms with Crippen LogP contribution < -0.4 is 5.32 Å². The molecule has 1 amide bonds. The number of nitrogens with one attached hydrogen (secondary N) is 1. The summed E-state index contributed by atoms with van der Waals surface area (Å²) in [6.45, 7) is 4.35. The summed E-state index contributed by atoms with van der Waals surface area (Å²) in [5.74, 6) is -0.547. The number of carbonyl (C=O) groups excluding carboxylic acids is 1. The molecule has 3 aromatic rings. The van der Waals surface area contributed by atoms with Crippen molar-refractivity contribution in [1.29, 1.82) is 0 Å². The van der Waals surface area contributed by atoms with Gasteiger partial charge in [-0.25, -0.2) is 8.42 Å². The zero-order valence-corrected chi connectivity index (χ0v) is 19.4. The molecule has 0 aliphatic carbocycles. The summed E-state index contributed by atoms with van der Waals surface area (Å²) in [7, 11) is -3.69. The van der Waals surface area contributed by atoms with Crippen LogP contribution in [0.15, 0.2) is 39.0 Å². The second-order valence-electron chi connectivity index (χ2n) is 7.48. The van der Waals surface area contributed by atoms with Crippen molar-refractivity contribution in [3.8, 4) is 11.5 Å². The Morgan fingerprint density at radius 3 is 2.81 bits per heavy atom. The number of aryl methyl sites for hydroxylation is 2. The maximum atomic E-state index is 12.9. The Morgan fingerprint density at radius 2 is 2.06 bits per heavy atom. The Bertz CT molecular complexity index is 1220. The third-order valence-electron chi connectivity index (χ3n) is 5.18. The predicted molar refractivity (Wildman–Crippen MR) is 119 cm³/mol. The first-order valence-corrected chi connectivity index (χ1v) is 12.3. The number of hydrogen-bond donors (Lipinski definition) is 1. The predicted octanol–water partition coefficient (Wildman–Crippen LogP) is 4.11. The van der Waals surface area contributed by atoms with Gasteiger partial charge < -0.3 is 4.42 Å². The van der Waals surface area contributed by atoms with Crippen LogP contribution in [0.4, 0.5) is 6.01 Å². The van der Waals surface area contributed by atoms with Crippen molar-refractivity contribution in [2.45, 2.75) is 30.9 Å². The number of aromatic nitrogens is 2. The van der Waals surface area contributed by atoms with E-state index >= 15 is 0 Å². The van der Waals surface area contributed by atoms with Gasteiger partial charge in [0.25, 0.3) is 10.0 Å². The normalized spacial score (nSPS) is 17.6.